The van der Waals surface area contributed by atoms with Crippen molar-refractivity contribution in [1.82, 2.24) is 0 Å². The first kappa shape index (κ1) is 3.91. The summed E-state index contributed by atoms with van der Waals surface area (Å²) >= 11 is 0. The molecule has 1 rings (SSSR count). The monoisotopic (exact) mass is 81.1 g/mol. The molecule has 1 fully saturated rings. The fourth-order valence-electron chi connectivity index (χ4n) is 0.489. The molecule has 1 radical (unpaired) electrons. The van der Waals surface area contributed by atoms with Crippen LogP contribution in [0.4, 0.5) is 0 Å². The summed E-state index contributed by atoms with van der Waals surface area (Å²) in [4.78, 5) is 0. The van der Waals surface area contributed by atoms with E-state index in [1.807, 2.05) is 0 Å². The van der Waals surface area contributed by atoms with Crippen molar-refractivity contribution in [3.63, 3.8) is 0 Å². The first-order chi connectivity index (χ1) is 2.93. The Kier molecular flexibility index (Phi) is 0.952. The molecule has 0 aromatic rings. The Labute approximate surface area is 38.9 Å². The molecule has 0 bridgehead atoms. The Morgan fingerprint density at radius 1 is 1.67 bits per heavy atom. The van der Waals surface area contributed by atoms with Crippen molar-refractivity contribution in [2.45, 2.75) is 26.2 Å². The second-order valence-electron chi connectivity index (χ2n) is 1.63. The molecule has 0 saturated heterocycles. The van der Waals surface area contributed by atoms with E-state index in [2.05, 4.69) is 13.0 Å². The van der Waals surface area contributed by atoms with E-state index in [-0.39, 0.29) is 0 Å². The molecular formula is C6H9. The van der Waals surface area contributed by atoms with Gasteiger partial charge in [0.2, 0.25) is 0 Å². The van der Waals surface area contributed by atoms with Crippen molar-refractivity contribution in [2.24, 2.45) is 0 Å². The molecule has 0 heteroatoms. The van der Waals surface area contributed by atoms with Gasteiger partial charge in [-0.25, -0.2) is 0 Å². The van der Waals surface area contributed by atoms with E-state index in [4.69, 9.17) is 0 Å². The highest BCUT2D eigenvalue weighted by Crippen LogP contribution is 2.26. The largest absolute Gasteiger partial charge is 0.0661 e. The van der Waals surface area contributed by atoms with E-state index in [0.29, 0.717) is 0 Å². The zero-order valence-corrected chi connectivity index (χ0v) is 4.12. The standard InChI is InChI=1S/C6H9/c1-2-3-6-4-5-6/h2,4-5H2,1H3. The van der Waals surface area contributed by atoms with Crippen molar-refractivity contribution in [3.8, 4) is 0 Å². The van der Waals surface area contributed by atoms with Crippen LogP contribution in [0.2, 0.25) is 0 Å². The van der Waals surface area contributed by atoms with Crippen LogP contribution in [0.15, 0.2) is 5.57 Å². The average Bonchev–Trinajstić information content (AvgIpc) is 2.21. The van der Waals surface area contributed by atoms with Crippen LogP contribution in [0.25, 0.3) is 0 Å². The summed E-state index contributed by atoms with van der Waals surface area (Å²) in [6, 6.07) is 0. The van der Waals surface area contributed by atoms with Crippen LogP contribution in [0, 0.1) is 6.08 Å². The lowest BCUT2D eigenvalue weighted by Gasteiger charge is -1.65. The predicted molar refractivity (Wildman–Crippen MR) is 26.3 cm³/mol. The molecule has 0 nitrogen and oxygen atoms in total. The molecule has 0 aromatic heterocycles. The Morgan fingerprint density at radius 2 is 2.33 bits per heavy atom. The third-order valence-corrected chi connectivity index (χ3v) is 0.927. The molecule has 0 heterocycles. The van der Waals surface area contributed by atoms with E-state index in [0.717, 1.165) is 6.42 Å². The van der Waals surface area contributed by atoms with Gasteiger partial charge in [-0.2, -0.15) is 0 Å². The van der Waals surface area contributed by atoms with E-state index in [9.17, 15) is 0 Å². The molecule has 0 atom stereocenters. The van der Waals surface area contributed by atoms with Gasteiger partial charge in [0.25, 0.3) is 0 Å². The van der Waals surface area contributed by atoms with Crippen LogP contribution < -0.4 is 0 Å². The van der Waals surface area contributed by atoms with Gasteiger partial charge < -0.3 is 0 Å². The number of hydrogen-bond donors (Lipinski definition) is 0. The Morgan fingerprint density at radius 3 is 2.50 bits per heavy atom. The second kappa shape index (κ2) is 1.46. The normalized spacial score (nSPS) is 17.8. The van der Waals surface area contributed by atoms with Crippen molar-refractivity contribution in [1.29, 1.82) is 0 Å². The van der Waals surface area contributed by atoms with Crippen LogP contribution >= 0.6 is 0 Å². The molecule has 0 aliphatic heterocycles. The lowest BCUT2D eigenvalue weighted by molar-refractivity contribution is 1.17. The fraction of sp³-hybridized carbons (Fsp3) is 0.667. The summed E-state index contributed by atoms with van der Waals surface area (Å²) in [6.45, 7) is 2.13. The zero-order valence-electron chi connectivity index (χ0n) is 4.12. The Bertz CT molecular complexity index is 64.1. The molecule has 0 unspecified atom stereocenters. The first-order valence-electron chi connectivity index (χ1n) is 2.52. The van der Waals surface area contributed by atoms with Crippen LogP contribution in [-0.4, -0.2) is 0 Å². The third kappa shape index (κ3) is 0.852. The molecule has 0 amide bonds. The molecule has 1 aliphatic carbocycles. The maximum atomic E-state index is 3.24. The van der Waals surface area contributed by atoms with Crippen molar-refractivity contribution >= 4 is 0 Å². The van der Waals surface area contributed by atoms with Crippen molar-refractivity contribution in [3.05, 3.63) is 11.6 Å². The maximum absolute atomic E-state index is 3.24. The summed E-state index contributed by atoms with van der Waals surface area (Å²) in [5.41, 5.74) is 1.54. The van der Waals surface area contributed by atoms with Gasteiger partial charge in [0.1, 0.15) is 0 Å². The van der Waals surface area contributed by atoms with Gasteiger partial charge in [-0.15, -0.1) is 0 Å². The predicted octanol–water partition coefficient (Wildman–Crippen LogP) is 1.92. The van der Waals surface area contributed by atoms with E-state index in [1.165, 1.54) is 18.4 Å². The van der Waals surface area contributed by atoms with Gasteiger partial charge >= 0.3 is 0 Å². The van der Waals surface area contributed by atoms with Crippen LogP contribution in [0.1, 0.15) is 26.2 Å². The van der Waals surface area contributed by atoms with E-state index >= 15 is 0 Å². The van der Waals surface area contributed by atoms with Crippen LogP contribution in [0.3, 0.4) is 0 Å². The van der Waals surface area contributed by atoms with Crippen LogP contribution in [0.5, 0.6) is 0 Å². The van der Waals surface area contributed by atoms with Crippen molar-refractivity contribution in [2.75, 3.05) is 0 Å². The van der Waals surface area contributed by atoms with Gasteiger partial charge in [0.05, 0.1) is 0 Å². The molecule has 0 aromatic carbocycles. The van der Waals surface area contributed by atoms with Gasteiger partial charge in [0.15, 0.2) is 0 Å². The number of hydrogen-bond acceptors (Lipinski definition) is 0. The molecule has 6 heavy (non-hydrogen) atoms. The molecule has 0 N–H and O–H groups in total. The van der Waals surface area contributed by atoms with Gasteiger partial charge in [0, 0.05) is 0 Å². The minimum atomic E-state index is 1.11. The van der Waals surface area contributed by atoms with Crippen LogP contribution in [-0.2, 0) is 0 Å². The average molecular weight is 81.1 g/mol. The highest BCUT2D eigenvalue weighted by Gasteiger charge is 2.08. The van der Waals surface area contributed by atoms with Crippen molar-refractivity contribution < 1.29 is 0 Å². The van der Waals surface area contributed by atoms with Gasteiger partial charge in [-0.3, -0.25) is 0 Å². The molecular weight excluding hydrogens is 72.1 g/mol. The summed E-state index contributed by atoms with van der Waals surface area (Å²) in [5, 5.41) is 0. The highest BCUT2D eigenvalue weighted by atomic mass is 14.1. The minimum absolute atomic E-state index is 1.11. The highest BCUT2D eigenvalue weighted by molar-refractivity contribution is 5.11. The van der Waals surface area contributed by atoms with E-state index < -0.39 is 0 Å². The third-order valence-electron chi connectivity index (χ3n) is 0.927. The molecule has 1 saturated carbocycles. The second-order valence-corrected chi connectivity index (χ2v) is 1.63. The Balaban J connectivity index is 2.24. The number of rotatable bonds is 1. The fourth-order valence-corrected chi connectivity index (χ4v) is 0.489. The summed E-state index contributed by atoms with van der Waals surface area (Å²) in [6.07, 6.45) is 7.00. The molecule has 1 aliphatic rings. The van der Waals surface area contributed by atoms with Gasteiger partial charge in [-0.1, -0.05) is 12.5 Å². The minimum Gasteiger partial charge on any atom is -0.0661 e. The number of allylic oxidation sites excluding steroid dienone is 2. The summed E-state index contributed by atoms with van der Waals surface area (Å²) in [7, 11) is 0. The SMILES string of the molecule is CC[C]=C1CC1. The lowest BCUT2D eigenvalue weighted by Crippen LogP contribution is -1.48. The quantitative estimate of drug-likeness (QED) is 0.452. The zero-order chi connectivity index (χ0) is 4.41. The molecule has 33 valence electrons. The summed E-state index contributed by atoms with van der Waals surface area (Å²) in [5.74, 6) is 0. The maximum Gasteiger partial charge on any atom is -0.0277 e. The van der Waals surface area contributed by atoms with E-state index in [1.54, 1.807) is 0 Å². The molecule has 0 spiro atoms. The summed E-state index contributed by atoms with van der Waals surface area (Å²) < 4.78 is 0. The van der Waals surface area contributed by atoms with Gasteiger partial charge in [-0.05, 0) is 25.3 Å². The Hall–Kier alpha value is -0.260. The topological polar surface area (TPSA) is 0 Å². The first-order valence-corrected chi connectivity index (χ1v) is 2.52. The lowest BCUT2D eigenvalue weighted by atomic mass is 10.4. The smallest absolute Gasteiger partial charge is 0.0277 e.